The van der Waals surface area contributed by atoms with E-state index in [2.05, 4.69) is 16.8 Å². The monoisotopic (exact) mass is 291 g/mol. The van der Waals surface area contributed by atoms with E-state index in [1.807, 2.05) is 19.1 Å². The first kappa shape index (κ1) is 15.8. The van der Waals surface area contributed by atoms with Crippen LogP contribution in [-0.2, 0) is 0 Å². The van der Waals surface area contributed by atoms with E-state index in [1.165, 1.54) is 12.8 Å². The second kappa shape index (κ2) is 7.41. The van der Waals surface area contributed by atoms with Crippen molar-refractivity contribution in [2.24, 2.45) is 5.92 Å². The Labute approximate surface area is 126 Å². The van der Waals surface area contributed by atoms with E-state index < -0.39 is 0 Å². The van der Waals surface area contributed by atoms with E-state index in [-0.39, 0.29) is 12.5 Å². The molecule has 1 aromatic rings. The molecule has 0 unspecified atom stereocenters. The minimum Gasteiger partial charge on any atom is -0.395 e. The maximum absolute atomic E-state index is 12.3. The van der Waals surface area contributed by atoms with Crippen molar-refractivity contribution in [1.29, 1.82) is 0 Å². The van der Waals surface area contributed by atoms with E-state index in [0.717, 1.165) is 24.8 Å². The van der Waals surface area contributed by atoms with Gasteiger partial charge in [0.1, 0.15) is 5.82 Å². The summed E-state index contributed by atoms with van der Waals surface area (Å²) in [4.78, 5) is 20.6. The molecule has 1 aromatic heterocycles. The Morgan fingerprint density at radius 1 is 1.43 bits per heavy atom. The summed E-state index contributed by atoms with van der Waals surface area (Å²) in [6.45, 7) is 7.20. The lowest BCUT2D eigenvalue weighted by atomic mass is 9.99. The predicted molar refractivity (Wildman–Crippen MR) is 83.5 cm³/mol. The fourth-order valence-electron chi connectivity index (χ4n) is 2.64. The van der Waals surface area contributed by atoms with Crippen LogP contribution in [0, 0.1) is 5.92 Å². The molecule has 2 rings (SSSR count). The highest BCUT2D eigenvalue weighted by molar-refractivity contribution is 5.94. The van der Waals surface area contributed by atoms with Gasteiger partial charge < -0.3 is 14.9 Å². The summed E-state index contributed by atoms with van der Waals surface area (Å²) >= 11 is 0. The highest BCUT2D eigenvalue weighted by Gasteiger charge is 2.18. The van der Waals surface area contributed by atoms with Gasteiger partial charge in [-0.1, -0.05) is 6.92 Å². The molecule has 1 aliphatic rings. The van der Waals surface area contributed by atoms with Gasteiger partial charge in [-0.05, 0) is 37.8 Å². The van der Waals surface area contributed by atoms with E-state index in [1.54, 1.807) is 11.1 Å². The maximum atomic E-state index is 12.3. The maximum Gasteiger partial charge on any atom is 0.255 e. The van der Waals surface area contributed by atoms with Crippen molar-refractivity contribution in [1.82, 2.24) is 9.88 Å². The van der Waals surface area contributed by atoms with Crippen LogP contribution in [0.2, 0.25) is 0 Å². The second-order valence-electron chi connectivity index (χ2n) is 5.68. The molecule has 2 heterocycles. The lowest BCUT2D eigenvalue weighted by Gasteiger charge is -2.31. The van der Waals surface area contributed by atoms with Gasteiger partial charge in [0.25, 0.3) is 5.91 Å². The summed E-state index contributed by atoms with van der Waals surface area (Å²) in [6, 6.07) is 3.76. The SMILES string of the molecule is CCN(CCO)C(=O)c1ccc(N2CCC(C)CC2)nc1. The van der Waals surface area contributed by atoms with Crippen molar-refractivity contribution in [3.63, 3.8) is 0 Å². The molecule has 21 heavy (non-hydrogen) atoms. The Morgan fingerprint density at radius 2 is 2.14 bits per heavy atom. The van der Waals surface area contributed by atoms with Gasteiger partial charge in [-0.2, -0.15) is 0 Å². The molecule has 0 atom stereocenters. The Hall–Kier alpha value is -1.62. The van der Waals surface area contributed by atoms with Gasteiger partial charge in [0, 0.05) is 32.4 Å². The number of carbonyl (C=O) groups excluding carboxylic acids is 1. The molecule has 0 bridgehead atoms. The largest absolute Gasteiger partial charge is 0.395 e. The fraction of sp³-hybridized carbons (Fsp3) is 0.625. The molecule has 1 aliphatic heterocycles. The van der Waals surface area contributed by atoms with Crippen molar-refractivity contribution in [2.75, 3.05) is 37.7 Å². The van der Waals surface area contributed by atoms with Crippen molar-refractivity contribution in [2.45, 2.75) is 26.7 Å². The third kappa shape index (κ3) is 3.94. The van der Waals surface area contributed by atoms with Crippen LogP contribution in [0.15, 0.2) is 18.3 Å². The zero-order valence-electron chi connectivity index (χ0n) is 13.0. The summed E-state index contributed by atoms with van der Waals surface area (Å²) in [7, 11) is 0. The molecule has 1 amide bonds. The van der Waals surface area contributed by atoms with Crippen LogP contribution in [-0.4, -0.2) is 53.7 Å². The lowest BCUT2D eigenvalue weighted by molar-refractivity contribution is 0.0731. The van der Waals surface area contributed by atoms with Crippen molar-refractivity contribution in [3.8, 4) is 0 Å². The highest BCUT2D eigenvalue weighted by Crippen LogP contribution is 2.21. The number of hydrogen-bond acceptors (Lipinski definition) is 4. The van der Waals surface area contributed by atoms with Crippen LogP contribution in [0.1, 0.15) is 37.0 Å². The van der Waals surface area contributed by atoms with Gasteiger partial charge in [0.15, 0.2) is 0 Å². The molecule has 1 saturated heterocycles. The van der Waals surface area contributed by atoms with E-state index >= 15 is 0 Å². The first-order chi connectivity index (χ1) is 10.2. The van der Waals surface area contributed by atoms with E-state index in [0.29, 0.717) is 18.7 Å². The van der Waals surface area contributed by atoms with Crippen LogP contribution in [0.25, 0.3) is 0 Å². The molecule has 1 fully saturated rings. The zero-order valence-corrected chi connectivity index (χ0v) is 13.0. The standard InChI is InChI=1S/C16H25N3O2/c1-3-18(10-11-20)16(21)14-4-5-15(17-12-14)19-8-6-13(2)7-9-19/h4-5,12-13,20H,3,6-11H2,1-2H3. The molecule has 0 spiro atoms. The van der Waals surface area contributed by atoms with Gasteiger partial charge in [-0.3, -0.25) is 4.79 Å². The third-order valence-corrected chi connectivity index (χ3v) is 4.14. The quantitative estimate of drug-likeness (QED) is 0.898. The molecule has 5 heteroatoms. The molecule has 116 valence electrons. The number of aromatic nitrogens is 1. The number of hydrogen-bond donors (Lipinski definition) is 1. The van der Waals surface area contributed by atoms with Gasteiger partial charge in [0.2, 0.25) is 0 Å². The van der Waals surface area contributed by atoms with Gasteiger partial charge >= 0.3 is 0 Å². The Balaban J connectivity index is 2.03. The molecule has 0 aliphatic carbocycles. The van der Waals surface area contributed by atoms with E-state index in [9.17, 15) is 4.79 Å². The van der Waals surface area contributed by atoms with E-state index in [4.69, 9.17) is 5.11 Å². The second-order valence-corrected chi connectivity index (χ2v) is 5.68. The number of aliphatic hydroxyl groups is 1. The van der Waals surface area contributed by atoms with Crippen molar-refractivity contribution < 1.29 is 9.90 Å². The number of amides is 1. The first-order valence-corrected chi connectivity index (χ1v) is 7.76. The Kier molecular flexibility index (Phi) is 5.56. The predicted octanol–water partition coefficient (Wildman–Crippen LogP) is 1.77. The van der Waals surface area contributed by atoms with Crippen molar-refractivity contribution >= 4 is 11.7 Å². The number of pyridine rings is 1. The molecule has 1 N–H and O–H groups in total. The number of aliphatic hydroxyl groups excluding tert-OH is 1. The number of rotatable bonds is 5. The Bertz CT molecular complexity index is 453. The zero-order chi connectivity index (χ0) is 15.2. The summed E-state index contributed by atoms with van der Waals surface area (Å²) in [5.74, 6) is 1.67. The number of anilines is 1. The first-order valence-electron chi connectivity index (χ1n) is 7.76. The average molecular weight is 291 g/mol. The van der Waals surface area contributed by atoms with Gasteiger partial charge in [-0.25, -0.2) is 4.98 Å². The fourth-order valence-corrected chi connectivity index (χ4v) is 2.64. The van der Waals surface area contributed by atoms with Crippen LogP contribution < -0.4 is 4.90 Å². The summed E-state index contributed by atoms with van der Waals surface area (Å²) in [6.07, 6.45) is 4.04. The number of nitrogens with zero attached hydrogens (tertiary/aromatic N) is 3. The summed E-state index contributed by atoms with van der Waals surface area (Å²) in [5, 5.41) is 8.98. The molecular formula is C16H25N3O2. The topological polar surface area (TPSA) is 56.7 Å². The van der Waals surface area contributed by atoms with Crippen LogP contribution in [0.3, 0.4) is 0 Å². The highest BCUT2D eigenvalue weighted by atomic mass is 16.3. The smallest absolute Gasteiger partial charge is 0.255 e. The number of carbonyl (C=O) groups is 1. The van der Waals surface area contributed by atoms with Crippen LogP contribution >= 0.6 is 0 Å². The van der Waals surface area contributed by atoms with Gasteiger partial charge in [-0.15, -0.1) is 0 Å². The van der Waals surface area contributed by atoms with Crippen molar-refractivity contribution in [3.05, 3.63) is 23.9 Å². The molecule has 0 saturated carbocycles. The lowest BCUT2D eigenvalue weighted by Crippen LogP contribution is -2.34. The van der Waals surface area contributed by atoms with Crippen LogP contribution in [0.5, 0.6) is 0 Å². The normalized spacial score (nSPS) is 16.0. The number of likely N-dealkylation sites (N-methyl/N-ethyl adjacent to an activating group) is 1. The average Bonchev–Trinajstić information content (AvgIpc) is 2.53. The summed E-state index contributed by atoms with van der Waals surface area (Å²) in [5.41, 5.74) is 0.583. The number of piperidine rings is 1. The minimum absolute atomic E-state index is 0.0168. The molecule has 5 nitrogen and oxygen atoms in total. The Morgan fingerprint density at radius 3 is 2.67 bits per heavy atom. The molecular weight excluding hydrogens is 266 g/mol. The minimum atomic E-state index is -0.0714. The van der Waals surface area contributed by atoms with Gasteiger partial charge in [0.05, 0.1) is 12.2 Å². The third-order valence-electron chi connectivity index (χ3n) is 4.14. The molecule has 0 aromatic carbocycles. The molecule has 0 radical (unpaired) electrons. The summed E-state index contributed by atoms with van der Waals surface area (Å²) < 4.78 is 0. The van der Waals surface area contributed by atoms with Crippen LogP contribution in [0.4, 0.5) is 5.82 Å².